The average molecular weight is 273 g/mol. The van der Waals surface area contributed by atoms with Crippen molar-refractivity contribution < 1.29 is 0 Å². The van der Waals surface area contributed by atoms with Gasteiger partial charge in [0.05, 0.1) is 11.4 Å². The third kappa shape index (κ3) is 2.13. The number of hydrogen-bond acceptors (Lipinski definition) is 3. The van der Waals surface area contributed by atoms with E-state index in [4.69, 9.17) is 0 Å². The highest BCUT2D eigenvalue weighted by molar-refractivity contribution is 7.99. The third-order valence-corrected chi connectivity index (χ3v) is 4.52. The molecule has 0 amide bonds. The van der Waals surface area contributed by atoms with E-state index >= 15 is 0 Å². The summed E-state index contributed by atoms with van der Waals surface area (Å²) in [5, 5.41) is 0. The van der Waals surface area contributed by atoms with Gasteiger partial charge in [0.2, 0.25) is 0 Å². The first-order valence-corrected chi connectivity index (χ1v) is 7.59. The predicted molar refractivity (Wildman–Crippen MR) is 82.5 cm³/mol. The van der Waals surface area contributed by atoms with Crippen molar-refractivity contribution in [3.05, 3.63) is 48.5 Å². The molecule has 1 aliphatic heterocycles. The maximum atomic E-state index is 4.33. The zero-order valence-electron chi connectivity index (χ0n) is 10.0. The van der Waals surface area contributed by atoms with Crippen LogP contribution in [0, 0.1) is 0 Å². The van der Waals surface area contributed by atoms with E-state index in [0.29, 0.717) is 0 Å². The summed E-state index contributed by atoms with van der Waals surface area (Å²) in [7, 11) is 0. The fourth-order valence-electron chi connectivity index (χ4n) is 2.25. The lowest BCUT2D eigenvalue weighted by molar-refractivity contribution is 0.875. The maximum Gasteiger partial charge on any atom is 0.0552 e. The van der Waals surface area contributed by atoms with E-state index in [0.717, 1.165) is 18.7 Å². The monoisotopic (exact) mass is 273 g/mol. The highest BCUT2D eigenvalue weighted by atomic mass is 32.2. The van der Waals surface area contributed by atoms with E-state index in [2.05, 4.69) is 66.1 Å². The van der Waals surface area contributed by atoms with Gasteiger partial charge in [0.15, 0.2) is 0 Å². The van der Waals surface area contributed by atoms with E-state index < -0.39 is 0 Å². The van der Waals surface area contributed by atoms with Crippen LogP contribution in [0.3, 0.4) is 0 Å². The van der Waals surface area contributed by atoms with Crippen molar-refractivity contribution in [2.24, 2.45) is 0 Å². The van der Waals surface area contributed by atoms with Crippen LogP contribution in [0.15, 0.2) is 58.3 Å². The largest absolute Gasteiger partial charge is 0.340 e. The molecule has 0 N–H and O–H groups in total. The molecule has 0 bridgehead atoms. The van der Waals surface area contributed by atoms with Crippen LogP contribution in [0.5, 0.6) is 0 Å². The molecule has 1 nitrogen and oxygen atoms in total. The first kappa shape index (κ1) is 12.0. The molecule has 92 valence electrons. The number of anilines is 2. The van der Waals surface area contributed by atoms with Gasteiger partial charge in [-0.3, -0.25) is 0 Å². The van der Waals surface area contributed by atoms with Gasteiger partial charge in [-0.2, -0.15) is 12.6 Å². The van der Waals surface area contributed by atoms with Gasteiger partial charge in [-0.25, -0.2) is 0 Å². The normalized spacial score (nSPS) is 13.1. The molecule has 18 heavy (non-hydrogen) atoms. The van der Waals surface area contributed by atoms with Gasteiger partial charge >= 0.3 is 0 Å². The Morgan fingerprint density at radius 1 is 0.889 bits per heavy atom. The smallest absolute Gasteiger partial charge is 0.0552 e. The SMILES string of the molecule is SCCCN1c2ccccc2Sc2ccccc21. The fourth-order valence-corrected chi connectivity index (χ4v) is 3.49. The number of thiol groups is 1. The Hall–Kier alpha value is -1.06. The lowest BCUT2D eigenvalue weighted by atomic mass is 10.2. The second-order valence-electron chi connectivity index (χ2n) is 4.27. The number of nitrogens with zero attached hydrogens (tertiary/aromatic N) is 1. The third-order valence-electron chi connectivity index (χ3n) is 3.07. The Balaban J connectivity index is 2.05. The lowest BCUT2D eigenvalue weighted by Crippen LogP contribution is -2.22. The molecule has 0 aliphatic carbocycles. The van der Waals surface area contributed by atoms with E-state index in [1.165, 1.54) is 21.2 Å². The Morgan fingerprint density at radius 2 is 1.44 bits per heavy atom. The van der Waals surface area contributed by atoms with Crippen molar-refractivity contribution in [1.82, 2.24) is 0 Å². The molecule has 0 fully saturated rings. The van der Waals surface area contributed by atoms with Crippen molar-refractivity contribution in [3.63, 3.8) is 0 Å². The minimum atomic E-state index is 0.925. The van der Waals surface area contributed by atoms with E-state index in [9.17, 15) is 0 Å². The van der Waals surface area contributed by atoms with Crippen molar-refractivity contribution in [2.45, 2.75) is 16.2 Å². The van der Waals surface area contributed by atoms with Crippen molar-refractivity contribution in [3.8, 4) is 0 Å². The van der Waals surface area contributed by atoms with Crippen LogP contribution in [-0.4, -0.2) is 12.3 Å². The van der Waals surface area contributed by atoms with Crippen molar-refractivity contribution in [1.29, 1.82) is 0 Å². The Kier molecular flexibility index (Phi) is 3.52. The van der Waals surface area contributed by atoms with Gasteiger partial charge in [-0.15, -0.1) is 0 Å². The van der Waals surface area contributed by atoms with Gasteiger partial charge in [-0.1, -0.05) is 36.0 Å². The van der Waals surface area contributed by atoms with Crippen LogP contribution in [0.1, 0.15) is 6.42 Å². The first-order chi connectivity index (χ1) is 8.90. The molecular formula is C15H15NS2. The summed E-state index contributed by atoms with van der Waals surface area (Å²) in [5.74, 6) is 0.925. The topological polar surface area (TPSA) is 3.24 Å². The van der Waals surface area contributed by atoms with Gasteiger partial charge in [-0.05, 0) is 36.4 Å². The summed E-state index contributed by atoms with van der Waals surface area (Å²) < 4.78 is 0. The molecule has 2 aromatic carbocycles. The zero-order valence-corrected chi connectivity index (χ0v) is 11.8. The summed E-state index contributed by atoms with van der Waals surface area (Å²) in [5.41, 5.74) is 2.64. The molecule has 0 radical (unpaired) electrons. The number of fused-ring (bicyclic) bond motifs is 2. The highest BCUT2D eigenvalue weighted by Crippen LogP contribution is 2.47. The second-order valence-corrected chi connectivity index (χ2v) is 5.80. The molecule has 1 heterocycles. The molecule has 0 saturated carbocycles. The van der Waals surface area contributed by atoms with E-state index in [1.54, 1.807) is 0 Å². The molecule has 3 rings (SSSR count). The molecule has 2 aromatic rings. The average Bonchev–Trinajstić information content (AvgIpc) is 2.43. The number of hydrogen-bond donors (Lipinski definition) is 1. The fraction of sp³-hybridized carbons (Fsp3) is 0.200. The minimum Gasteiger partial charge on any atom is -0.340 e. The van der Waals surface area contributed by atoms with Crippen molar-refractivity contribution >= 4 is 35.8 Å². The summed E-state index contributed by atoms with van der Waals surface area (Å²) in [4.78, 5) is 5.10. The lowest BCUT2D eigenvalue weighted by Gasteiger charge is -2.32. The van der Waals surface area contributed by atoms with Gasteiger partial charge < -0.3 is 4.90 Å². The summed E-state index contributed by atoms with van der Waals surface area (Å²) >= 11 is 6.19. The Labute approximate surface area is 118 Å². The standard InChI is InChI=1S/C15H15NS2/c17-11-5-10-16-12-6-1-3-8-14(12)18-15-9-4-2-7-13(15)16/h1-4,6-9,17H,5,10-11H2. The highest BCUT2D eigenvalue weighted by Gasteiger charge is 2.21. The summed E-state index contributed by atoms with van der Waals surface area (Å²) in [6.45, 7) is 1.03. The molecule has 1 aliphatic rings. The molecule has 0 spiro atoms. The Morgan fingerprint density at radius 3 is 2.00 bits per heavy atom. The van der Waals surface area contributed by atoms with Crippen LogP contribution in [0.2, 0.25) is 0 Å². The number of para-hydroxylation sites is 2. The zero-order chi connectivity index (χ0) is 12.4. The predicted octanol–water partition coefficient (Wildman–Crippen LogP) is 4.61. The second kappa shape index (κ2) is 5.29. The van der Waals surface area contributed by atoms with Crippen LogP contribution in [0.25, 0.3) is 0 Å². The maximum absolute atomic E-state index is 4.33. The van der Waals surface area contributed by atoms with Crippen LogP contribution < -0.4 is 4.90 Å². The van der Waals surface area contributed by atoms with Gasteiger partial charge in [0.25, 0.3) is 0 Å². The molecule has 3 heteroatoms. The molecule has 0 saturated heterocycles. The molecule has 0 atom stereocenters. The quantitative estimate of drug-likeness (QED) is 0.814. The number of rotatable bonds is 3. The number of benzene rings is 2. The van der Waals surface area contributed by atoms with Crippen molar-refractivity contribution in [2.75, 3.05) is 17.2 Å². The first-order valence-electron chi connectivity index (χ1n) is 6.14. The van der Waals surface area contributed by atoms with Crippen LogP contribution in [0.4, 0.5) is 11.4 Å². The summed E-state index contributed by atoms with van der Waals surface area (Å²) in [6.07, 6.45) is 1.09. The van der Waals surface area contributed by atoms with Crippen LogP contribution >= 0.6 is 24.4 Å². The van der Waals surface area contributed by atoms with Crippen LogP contribution in [-0.2, 0) is 0 Å². The Bertz CT molecular complexity index is 508. The summed E-state index contributed by atoms with van der Waals surface area (Å²) in [6, 6.07) is 17.2. The van der Waals surface area contributed by atoms with E-state index in [1.807, 2.05) is 11.8 Å². The van der Waals surface area contributed by atoms with Gasteiger partial charge in [0.1, 0.15) is 0 Å². The minimum absolute atomic E-state index is 0.925. The molecular weight excluding hydrogens is 258 g/mol. The van der Waals surface area contributed by atoms with E-state index in [-0.39, 0.29) is 0 Å². The molecule has 0 unspecified atom stereocenters. The van der Waals surface area contributed by atoms with Gasteiger partial charge in [0, 0.05) is 16.3 Å². The molecule has 0 aromatic heterocycles.